The van der Waals surface area contributed by atoms with Crippen LogP contribution in [0.5, 0.6) is 0 Å². The van der Waals surface area contributed by atoms with E-state index < -0.39 is 67.1 Å². The predicted molar refractivity (Wildman–Crippen MR) is 183 cm³/mol. The van der Waals surface area contributed by atoms with Crippen LogP contribution in [-0.2, 0) is 25.2 Å². The van der Waals surface area contributed by atoms with Crippen LogP contribution in [0.1, 0.15) is 35.6 Å². The Morgan fingerprint density at radius 2 is 1.40 bits per heavy atom. The van der Waals surface area contributed by atoms with Gasteiger partial charge in [-0.05, 0) is 73.2 Å². The van der Waals surface area contributed by atoms with Crippen LogP contribution in [0, 0.1) is 40.1 Å². The molecule has 0 aliphatic heterocycles. The normalized spacial score (nSPS) is 12.7. The van der Waals surface area contributed by atoms with E-state index in [9.17, 15) is 37.6 Å². The number of nitrogens with zero attached hydrogens (tertiary/aromatic N) is 3. The van der Waals surface area contributed by atoms with Crippen molar-refractivity contribution in [1.29, 1.82) is 10.5 Å². The number of esters is 1. The maximum atomic E-state index is 15.8. The molecule has 6 aromatic rings. The summed E-state index contributed by atoms with van der Waals surface area (Å²) in [5.41, 5.74) is -4.88. The van der Waals surface area contributed by atoms with Crippen LogP contribution in [0.2, 0.25) is 0 Å². The van der Waals surface area contributed by atoms with Gasteiger partial charge in [0.1, 0.15) is 17.5 Å². The number of rotatable bonds is 8. The summed E-state index contributed by atoms with van der Waals surface area (Å²) in [5.74, 6) is -4.41. The first kappa shape index (κ1) is 36.4. The Morgan fingerprint density at radius 1 is 0.811 bits per heavy atom. The Morgan fingerprint density at radius 3 is 1.96 bits per heavy atom. The number of fused-ring (bicyclic) bond motifs is 1. The van der Waals surface area contributed by atoms with Crippen LogP contribution in [0.25, 0.3) is 44.4 Å². The third-order valence-corrected chi connectivity index (χ3v) is 10.5. The van der Waals surface area contributed by atoms with Gasteiger partial charge in [0.2, 0.25) is 0 Å². The molecule has 0 saturated heterocycles. The van der Waals surface area contributed by atoms with Gasteiger partial charge in [-0.2, -0.15) is 10.5 Å². The molecular formula is C39H24F5N3O5S. The number of aliphatic hydroxyl groups is 1. The number of methoxy groups -OCH3 is 1. The average molecular weight is 742 g/mol. The van der Waals surface area contributed by atoms with Crippen molar-refractivity contribution in [1.82, 2.24) is 3.97 Å². The Balaban J connectivity index is 1.73. The summed E-state index contributed by atoms with van der Waals surface area (Å²) in [7, 11) is -3.80. The van der Waals surface area contributed by atoms with Gasteiger partial charge in [0.05, 0.1) is 52.0 Å². The molecule has 5 aromatic carbocycles. The van der Waals surface area contributed by atoms with Gasteiger partial charge in [0.15, 0.2) is 5.60 Å². The first-order valence-electron chi connectivity index (χ1n) is 15.5. The molecule has 14 heteroatoms. The van der Waals surface area contributed by atoms with Gasteiger partial charge >= 0.3 is 5.97 Å². The Labute approximate surface area is 299 Å². The first-order chi connectivity index (χ1) is 25.1. The molecule has 0 spiro atoms. The minimum Gasteiger partial charge on any atom is -0.467 e. The lowest BCUT2D eigenvalue weighted by atomic mass is 9.90. The average Bonchev–Trinajstić information content (AvgIpc) is 3.48. The number of benzene rings is 5. The van der Waals surface area contributed by atoms with E-state index in [1.54, 1.807) is 0 Å². The summed E-state index contributed by atoms with van der Waals surface area (Å²) < 4.78 is 108. The van der Waals surface area contributed by atoms with E-state index in [2.05, 4.69) is 4.74 Å². The Bertz CT molecular complexity index is 2600. The monoisotopic (exact) mass is 741 g/mol. The number of alkyl halides is 2. The summed E-state index contributed by atoms with van der Waals surface area (Å²) in [6.07, 6.45) is -2.90. The second kappa shape index (κ2) is 13.7. The van der Waals surface area contributed by atoms with Crippen molar-refractivity contribution in [3.8, 4) is 45.6 Å². The highest BCUT2D eigenvalue weighted by Gasteiger charge is 2.36. The molecule has 0 saturated carbocycles. The minimum atomic E-state index is -4.79. The molecule has 0 aliphatic carbocycles. The molecule has 0 aliphatic rings. The second-order valence-corrected chi connectivity index (χ2v) is 13.7. The first-order valence-corrected chi connectivity index (χ1v) is 16.9. The van der Waals surface area contributed by atoms with Crippen molar-refractivity contribution < 1.29 is 45.0 Å². The van der Waals surface area contributed by atoms with Gasteiger partial charge in [-0.25, -0.2) is 39.1 Å². The SMILES string of the molecule is COC(=O)C(C)(O)c1cc(F)c(-c2cccc(-c3c(-c4c(C#N)cccc4C#N)c4cc(F)ccc4n3S(=O)(=O)c3ccc(C(F)F)cc3)c2)c(F)c1. The Hall–Kier alpha value is -6.35. The molecule has 1 heterocycles. The number of nitriles is 2. The molecule has 1 unspecified atom stereocenters. The van der Waals surface area contributed by atoms with Gasteiger partial charge < -0.3 is 9.84 Å². The van der Waals surface area contributed by atoms with Gasteiger partial charge in [-0.15, -0.1) is 0 Å². The van der Waals surface area contributed by atoms with Gasteiger partial charge in [-0.1, -0.05) is 36.4 Å². The molecule has 1 aromatic heterocycles. The number of hydrogen-bond donors (Lipinski definition) is 1. The standard InChI is InChI=1S/C39H24F5N3O5S/c1-39(49,38(48)52-2)26-16-30(41)34(31(42)17-26)22-5-3-6-23(15-22)36-35(33-24(19-45)7-4-8-25(33)20-46)29-18-27(40)11-14-32(29)47(36)53(50,51)28-12-9-21(10-13-28)37(43)44/h3-18,37,49H,1-2H3. The van der Waals surface area contributed by atoms with E-state index in [4.69, 9.17) is 0 Å². The van der Waals surface area contributed by atoms with Crippen molar-refractivity contribution in [2.24, 2.45) is 0 Å². The van der Waals surface area contributed by atoms with Crippen molar-refractivity contribution in [3.05, 3.63) is 137 Å². The number of carbonyl (C=O) groups is 1. The fourth-order valence-corrected chi connectivity index (χ4v) is 7.71. The van der Waals surface area contributed by atoms with Crippen LogP contribution in [0.4, 0.5) is 22.0 Å². The third kappa shape index (κ3) is 6.18. The summed E-state index contributed by atoms with van der Waals surface area (Å²) in [4.78, 5) is 11.7. The Kier molecular flexibility index (Phi) is 9.39. The largest absolute Gasteiger partial charge is 0.467 e. The number of hydrogen-bond acceptors (Lipinski definition) is 7. The number of carbonyl (C=O) groups excluding carboxylic acids is 1. The lowest BCUT2D eigenvalue weighted by Crippen LogP contribution is -2.33. The highest BCUT2D eigenvalue weighted by Crippen LogP contribution is 2.46. The molecule has 0 amide bonds. The third-order valence-electron chi connectivity index (χ3n) is 8.72. The van der Waals surface area contributed by atoms with E-state index in [1.165, 1.54) is 42.5 Å². The van der Waals surface area contributed by atoms with Gasteiger partial charge in [0, 0.05) is 33.2 Å². The molecule has 1 atom stereocenters. The maximum absolute atomic E-state index is 15.8. The van der Waals surface area contributed by atoms with E-state index in [0.717, 1.165) is 72.6 Å². The fourth-order valence-electron chi connectivity index (χ4n) is 6.17. The van der Waals surface area contributed by atoms with Crippen LogP contribution in [0.15, 0.2) is 102 Å². The van der Waals surface area contributed by atoms with E-state index >= 15 is 13.2 Å². The summed E-state index contributed by atoms with van der Waals surface area (Å²) in [6, 6.07) is 21.8. The lowest BCUT2D eigenvalue weighted by Gasteiger charge is -2.21. The molecule has 8 nitrogen and oxygen atoms in total. The van der Waals surface area contributed by atoms with Gasteiger partial charge in [0.25, 0.3) is 16.4 Å². The summed E-state index contributed by atoms with van der Waals surface area (Å²) in [6.45, 7) is 0.993. The van der Waals surface area contributed by atoms with E-state index in [0.29, 0.717) is 0 Å². The maximum Gasteiger partial charge on any atom is 0.342 e. The number of halogens is 5. The number of ether oxygens (including phenoxy) is 1. The van der Waals surface area contributed by atoms with Crippen LogP contribution >= 0.6 is 0 Å². The minimum absolute atomic E-state index is 0.0389. The molecule has 0 bridgehead atoms. The fraction of sp³-hybridized carbons (Fsp3) is 0.103. The zero-order valence-electron chi connectivity index (χ0n) is 27.5. The van der Waals surface area contributed by atoms with Crippen molar-refractivity contribution in [2.45, 2.75) is 23.8 Å². The smallest absolute Gasteiger partial charge is 0.342 e. The summed E-state index contributed by atoms with van der Waals surface area (Å²) >= 11 is 0. The number of aromatic nitrogens is 1. The van der Waals surface area contributed by atoms with Crippen molar-refractivity contribution >= 4 is 26.9 Å². The zero-order chi connectivity index (χ0) is 38.4. The molecule has 0 radical (unpaired) electrons. The van der Waals surface area contributed by atoms with Crippen molar-refractivity contribution in [3.63, 3.8) is 0 Å². The topological polar surface area (TPSA) is 133 Å². The quantitative estimate of drug-likeness (QED) is 0.122. The summed E-state index contributed by atoms with van der Waals surface area (Å²) in [5, 5.41) is 30.8. The van der Waals surface area contributed by atoms with Crippen LogP contribution < -0.4 is 0 Å². The predicted octanol–water partition coefficient (Wildman–Crippen LogP) is 8.36. The molecular weight excluding hydrogens is 718 g/mol. The molecule has 0 fully saturated rings. The molecule has 53 heavy (non-hydrogen) atoms. The molecule has 6 rings (SSSR count). The highest BCUT2D eigenvalue weighted by molar-refractivity contribution is 7.90. The van der Waals surface area contributed by atoms with Crippen molar-refractivity contribution in [2.75, 3.05) is 7.11 Å². The highest BCUT2D eigenvalue weighted by atomic mass is 32.2. The molecule has 1 N–H and O–H groups in total. The van der Waals surface area contributed by atoms with E-state index in [1.807, 2.05) is 12.1 Å². The second-order valence-electron chi connectivity index (χ2n) is 11.9. The van der Waals surface area contributed by atoms with E-state index in [-0.39, 0.29) is 50.0 Å². The zero-order valence-corrected chi connectivity index (χ0v) is 28.4. The van der Waals surface area contributed by atoms with Crippen LogP contribution in [-0.4, -0.2) is 30.6 Å². The molecule has 266 valence electrons. The van der Waals surface area contributed by atoms with Gasteiger partial charge in [-0.3, -0.25) is 0 Å². The van der Waals surface area contributed by atoms with Crippen LogP contribution in [0.3, 0.4) is 0 Å². The lowest BCUT2D eigenvalue weighted by molar-refractivity contribution is -0.161.